The van der Waals surface area contributed by atoms with Crippen LogP contribution in [-0.2, 0) is 6.42 Å². The fraction of sp³-hybridized carbons (Fsp3) is 0.538. The molecule has 0 aliphatic heterocycles. The number of nitrogens with two attached hydrogens (primary N) is 1. The molecule has 1 aromatic rings. The monoisotopic (exact) mass is 222 g/mol. The number of aliphatic hydroxyl groups excluding tert-OH is 1. The van der Waals surface area contributed by atoms with Gasteiger partial charge in [0.05, 0.1) is 6.61 Å². The minimum absolute atomic E-state index is 0.00854. The van der Waals surface area contributed by atoms with E-state index in [4.69, 9.17) is 5.73 Å². The first-order valence-corrected chi connectivity index (χ1v) is 5.75. The van der Waals surface area contributed by atoms with Crippen LogP contribution in [0, 0.1) is 0 Å². The fourth-order valence-corrected chi connectivity index (χ4v) is 1.82. The Morgan fingerprint density at radius 1 is 1.31 bits per heavy atom. The summed E-state index contributed by atoms with van der Waals surface area (Å²) in [6.45, 7) is 2.96. The lowest BCUT2D eigenvalue weighted by Crippen LogP contribution is -2.47. The van der Waals surface area contributed by atoms with Gasteiger partial charge < -0.3 is 10.8 Å². The lowest BCUT2D eigenvalue weighted by Gasteiger charge is -2.29. The van der Waals surface area contributed by atoms with E-state index in [0.29, 0.717) is 0 Å². The second-order valence-corrected chi connectivity index (χ2v) is 4.33. The van der Waals surface area contributed by atoms with Crippen LogP contribution in [0.15, 0.2) is 30.3 Å². The van der Waals surface area contributed by atoms with E-state index in [9.17, 15) is 5.11 Å². The number of likely N-dealkylation sites (N-methyl/N-ethyl adjacent to an activating group) is 1. The van der Waals surface area contributed by atoms with Gasteiger partial charge in [-0.1, -0.05) is 30.3 Å². The Morgan fingerprint density at radius 2 is 1.94 bits per heavy atom. The van der Waals surface area contributed by atoms with E-state index in [0.717, 1.165) is 13.0 Å². The van der Waals surface area contributed by atoms with Crippen LogP contribution in [0.3, 0.4) is 0 Å². The molecule has 90 valence electrons. The maximum absolute atomic E-state index is 9.24. The molecule has 0 aliphatic rings. The molecule has 2 atom stereocenters. The molecule has 0 amide bonds. The summed E-state index contributed by atoms with van der Waals surface area (Å²) >= 11 is 0. The van der Waals surface area contributed by atoms with Crippen molar-refractivity contribution in [3.8, 4) is 0 Å². The van der Waals surface area contributed by atoms with Crippen molar-refractivity contribution in [2.75, 3.05) is 20.2 Å². The van der Waals surface area contributed by atoms with Gasteiger partial charge in [0.2, 0.25) is 0 Å². The van der Waals surface area contributed by atoms with Crippen LogP contribution in [0.2, 0.25) is 0 Å². The van der Waals surface area contributed by atoms with Gasteiger partial charge in [0.15, 0.2) is 0 Å². The Bertz CT molecular complexity index is 287. The maximum Gasteiger partial charge on any atom is 0.0601 e. The number of hydrogen-bond acceptors (Lipinski definition) is 3. The molecule has 16 heavy (non-hydrogen) atoms. The lowest BCUT2D eigenvalue weighted by molar-refractivity contribution is 0.132. The van der Waals surface area contributed by atoms with Gasteiger partial charge in [-0.2, -0.15) is 0 Å². The summed E-state index contributed by atoms with van der Waals surface area (Å²) in [6.07, 6.45) is 0.987. The van der Waals surface area contributed by atoms with E-state index in [1.165, 1.54) is 5.56 Å². The van der Waals surface area contributed by atoms with Gasteiger partial charge >= 0.3 is 0 Å². The molecule has 0 saturated carbocycles. The minimum atomic E-state index is -0.00854. The predicted octanol–water partition coefficient (Wildman–Crippen LogP) is 0.869. The second-order valence-electron chi connectivity index (χ2n) is 4.33. The van der Waals surface area contributed by atoms with E-state index in [1.54, 1.807) is 0 Å². The van der Waals surface area contributed by atoms with E-state index < -0.39 is 0 Å². The van der Waals surface area contributed by atoms with Gasteiger partial charge in [-0.25, -0.2) is 0 Å². The van der Waals surface area contributed by atoms with Gasteiger partial charge in [0, 0.05) is 18.6 Å². The summed E-state index contributed by atoms with van der Waals surface area (Å²) in [7, 11) is 2.01. The quantitative estimate of drug-likeness (QED) is 0.751. The van der Waals surface area contributed by atoms with E-state index in [1.807, 2.05) is 32.2 Å². The normalized spacial score (nSPS) is 15.1. The van der Waals surface area contributed by atoms with E-state index in [-0.39, 0.29) is 18.7 Å². The van der Waals surface area contributed by atoms with Crippen LogP contribution in [0.1, 0.15) is 12.5 Å². The highest BCUT2D eigenvalue weighted by atomic mass is 16.3. The molecule has 3 heteroatoms. The highest BCUT2D eigenvalue weighted by molar-refractivity contribution is 5.14. The highest BCUT2D eigenvalue weighted by Gasteiger charge is 2.17. The Labute approximate surface area is 97.9 Å². The first-order chi connectivity index (χ1) is 7.65. The third-order valence-electron chi connectivity index (χ3n) is 2.96. The molecule has 1 rings (SSSR count). The summed E-state index contributed by atoms with van der Waals surface area (Å²) in [6, 6.07) is 10.4. The predicted molar refractivity (Wildman–Crippen MR) is 67.3 cm³/mol. The molecule has 3 N–H and O–H groups in total. The number of nitrogens with zero attached hydrogens (tertiary/aromatic N) is 1. The molecule has 0 saturated heterocycles. The average Bonchev–Trinajstić information content (AvgIpc) is 2.28. The molecule has 0 radical (unpaired) electrons. The molecule has 0 fully saturated rings. The van der Waals surface area contributed by atoms with Gasteiger partial charge in [-0.3, -0.25) is 4.90 Å². The van der Waals surface area contributed by atoms with Crippen molar-refractivity contribution in [2.45, 2.75) is 25.4 Å². The van der Waals surface area contributed by atoms with Crippen molar-refractivity contribution < 1.29 is 5.11 Å². The summed E-state index contributed by atoms with van der Waals surface area (Å²) in [4.78, 5) is 2.12. The van der Waals surface area contributed by atoms with Crippen LogP contribution in [0.4, 0.5) is 0 Å². The number of rotatable bonds is 6. The maximum atomic E-state index is 9.24. The smallest absolute Gasteiger partial charge is 0.0601 e. The third kappa shape index (κ3) is 3.93. The number of hydrogen-bond donors (Lipinski definition) is 2. The molecule has 0 aromatic heterocycles. The number of benzene rings is 1. The Balaban J connectivity index is 2.43. The molecule has 0 spiro atoms. The first kappa shape index (κ1) is 13.2. The van der Waals surface area contributed by atoms with Crippen molar-refractivity contribution in [1.29, 1.82) is 0 Å². The zero-order valence-electron chi connectivity index (χ0n) is 10.1. The zero-order valence-corrected chi connectivity index (χ0v) is 10.1. The van der Waals surface area contributed by atoms with Gasteiger partial charge in [-0.05, 0) is 26.0 Å². The van der Waals surface area contributed by atoms with E-state index >= 15 is 0 Å². The molecule has 2 unspecified atom stereocenters. The average molecular weight is 222 g/mol. The van der Waals surface area contributed by atoms with Crippen molar-refractivity contribution in [2.24, 2.45) is 5.73 Å². The van der Waals surface area contributed by atoms with Crippen LogP contribution in [0.5, 0.6) is 0 Å². The van der Waals surface area contributed by atoms with Crippen LogP contribution < -0.4 is 5.73 Å². The van der Waals surface area contributed by atoms with Crippen molar-refractivity contribution in [3.05, 3.63) is 35.9 Å². The SMILES string of the molecule is CC(N)C(CO)N(C)CCc1ccccc1. The molecule has 0 heterocycles. The largest absolute Gasteiger partial charge is 0.395 e. The molecule has 3 nitrogen and oxygen atoms in total. The summed E-state index contributed by atoms with van der Waals surface area (Å²) in [5.41, 5.74) is 7.13. The van der Waals surface area contributed by atoms with Gasteiger partial charge in [0.1, 0.15) is 0 Å². The van der Waals surface area contributed by atoms with Gasteiger partial charge in [0.25, 0.3) is 0 Å². The highest BCUT2D eigenvalue weighted by Crippen LogP contribution is 2.04. The first-order valence-electron chi connectivity index (χ1n) is 5.75. The Hall–Kier alpha value is -0.900. The summed E-state index contributed by atoms with van der Waals surface area (Å²) in [5.74, 6) is 0. The zero-order chi connectivity index (χ0) is 12.0. The van der Waals surface area contributed by atoms with Gasteiger partial charge in [-0.15, -0.1) is 0 Å². The minimum Gasteiger partial charge on any atom is -0.395 e. The van der Waals surface area contributed by atoms with Crippen molar-refractivity contribution in [1.82, 2.24) is 4.90 Å². The Morgan fingerprint density at radius 3 is 2.44 bits per heavy atom. The fourth-order valence-electron chi connectivity index (χ4n) is 1.82. The van der Waals surface area contributed by atoms with Crippen LogP contribution in [-0.4, -0.2) is 42.3 Å². The summed E-state index contributed by atoms with van der Waals surface area (Å²) < 4.78 is 0. The van der Waals surface area contributed by atoms with Crippen molar-refractivity contribution in [3.63, 3.8) is 0 Å². The lowest BCUT2D eigenvalue weighted by atomic mass is 10.1. The second kappa shape index (κ2) is 6.63. The standard InChI is InChI=1S/C13H22N2O/c1-11(14)13(10-16)15(2)9-8-12-6-4-3-5-7-12/h3-7,11,13,16H,8-10,14H2,1-2H3. The van der Waals surface area contributed by atoms with Crippen molar-refractivity contribution >= 4 is 0 Å². The molecular formula is C13H22N2O. The van der Waals surface area contributed by atoms with Crippen LogP contribution >= 0.6 is 0 Å². The molecule has 0 aliphatic carbocycles. The van der Waals surface area contributed by atoms with Crippen LogP contribution in [0.25, 0.3) is 0 Å². The summed E-state index contributed by atoms with van der Waals surface area (Å²) in [5, 5.41) is 9.24. The molecule has 0 bridgehead atoms. The molecular weight excluding hydrogens is 200 g/mol. The Kier molecular flexibility index (Phi) is 5.46. The number of aliphatic hydroxyl groups is 1. The molecule has 1 aromatic carbocycles. The topological polar surface area (TPSA) is 49.5 Å². The van der Waals surface area contributed by atoms with E-state index in [2.05, 4.69) is 17.0 Å². The third-order valence-corrected chi connectivity index (χ3v) is 2.96.